The van der Waals surface area contributed by atoms with Crippen molar-refractivity contribution in [3.8, 4) is 23.0 Å². The molecule has 39 heavy (non-hydrogen) atoms. The first kappa shape index (κ1) is 27.5. The average molecular weight is 571 g/mol. The number of hydrogen-bond donors (Lipinski definition) is 3. The van der Waals surface area contributed by atoms with Gasteiger partial charge in [0.1, 0.15) is 6.07 Å². The quantitative estimate of drug-likeness (QED) is 0.371. The molecule has 0 bridgehead atoms. The van der Waals surface area contributed by atoms with Gasteiger partial charge < -0.3 is 15.7 Å². The van der Waals surface area contributed by atoms with Crippen LogP contribution in [-0.2, 0) is 16.6 Å². The van der Waals surface area contributed by atoms with E-state index in [0.717, 1.165) is 18.4 Å². The Labute approximate surface area is 232 Å². The molecule has 2 aliphatic rings. The molecule has 3 N–H and O–H groups in total. The van der Waals surface area contributed by atoms with Crippen LogP contribution in [0.3, 0.4) is 0 Å². The fourth-order valence-corrected chi connectivity index (χ4v) is 6.26. The van der Waals surface area contributed by atoms with Crippen molar-refractivity contribution >= 4 is 27.6 Å². The maximum atomic E-state index is 11.8. The number of nitriles is 1. The highest BCUT2D eigenvalue weighted by Crippen LogP contribution is 2.32. The van der Waals surface area contributed by atoms with Crippen LogP contribution in [0.25, 0.3) is 16.9 Å². The summed E-state index contributed by atoms with van der Waals surface area (Å²) < 4.78 is 26.7. The highest BCUT2D eigenvalue weighted by molar-refractivity contribution is 7.88. The number of halogens is 1. The Morgan fingerprint density at radius 1 is 1.23 bits per heavy atom. The summed E-state index contributed by atoms with van der Waals surface area (Å²) in [6.07, 6.45) is 8.84. The molecule has 206 valence electrons. The Bertz CT molecular complexity index is 1500. The lowest BCUT2D eigenvalue weighted by molar-refractivity contribution is -0.0393. The lowest BCUT2D eigenvalue weighted by atomic mass is 9.77. The predicted molar refractivity (Wildman–Crippen MR) is 148 cm³/mol. The zero-order valence-electron chi connectivity index (χ0n) is 21.8. The number of hydrogen-bond acceptors (Lipinski definition) is 9. The van der Waals surface area contributed by atoms with Gasteiger partial charge in [-0.2, -0.15) is 10.4 Å². The van der Waals surface area contributed by atoms with Crippen molar-refractivity contribution in [2.45, 2.75) is 56.8 Å². The van der Waals surface area contributed by atoms with Gasteiger partial charge in [-0.25, -0.2) is 27.4 Å². The molecule has 2 aromatic heterocycles. The van der Waals surface area contributed by atoms with Crippen LogP contribution in [0.4, 0.5) is 5.95 Å². The number of rotatable bonds is 8. The van der Waals surface area contributed by atoms with E-state index in [1.165, 1.54) is 16.8 Å². The average Bonchev–Trinajstić information content (AvgIpc) is 3.36. The molecule has 1 saturated heterocycles. The molecular formula is C26H31ClN8O3S. The number of benzene rings is 1. The van der Waals surface area contributed by atoms with E-state index in [1.54, 1.807) is 17.1 Å². The Hall–Kier alpha value is -3.08. The third-order valence-electron chi connectivity index (χ3n) is 7.25. The molecule has 1 aromatic carbocycles. The van der Waals surface area contributed by atoms with Crippen molar-refractivity contribution in [2.75, 3.05) is 24.7 Å². The molecule has 0 spiro atoms. The van der Waals surface area contributed by atoms with Crippen LogP contribution in [0, 0.1) is 11.3 Å². The molecule has 13 heteroatoms. The van der Waals surface area contributed by atoms with E-state index in [-0.39, 0.29) is 6.04 Å². The Morgan fingerprint density at radius 2 is 1.97 bits per heavy atom. The Kier molecular flexibility index (Phi) is 7.63. The monoisotopic (exact) mass is 570 g/mol. The van der Waals surface area contributed by atoms with E-state index < -0.39 is 15.6 Å². The molecule has 5 rings (SSSR count). The molecule has 11 nitrogen and oxygen atoms in total. The van der Waals surface area contributed by atoms with Crippen LogP contribution in [0.15, 0.2) is 36.8 Å². The minimum Gasteiger partial charge on any atom is -0.390 e. The topological polar surface area (TPSA) is 149 Å². The summed E-state index contributed by atoms with van der Waals surface area (Å²) in [4.78, 5) is 8.88. The van der Waals surface area contributed by atoms with Gasteiger partial charge in [-0.3, -0.25) is 0 Å². The van der Waals surface area contributed by atoms with E-state index in [2.05, 4.69) is 31.8 Å². The smallest absolute Gasteiger partial charge is 0.223 e. The number of aromatic nitrogens is 4. The standard InChI is InChI=1S/C26H31ClN8O3S/c1-26(36)10-21(11-26)29-13-17-3-4-23(22(27)9-17)35-16-19(15-31-35)24-18(12-28)14-30-25(33-24)32-20-5-7-34(8-6-20)39(2,37)38/h3-4,9,14-16,20-21,29,36H,5-8,10-11,13H2,1-2H3,(H,30,32,33). The van der Waals surface area contributed by atoms with Crippen molar-refractivity contribution in [1.82, 2.24) is 29.4 Å². The summed E-state index contributed by atoms with van der Waals surface area (Å²) in [6.45, 7) is 3.37. The number of sulfonamides is 1. The second-order valence-electron chi connectivity index (χ2n) is 10.6. The highest BCUT2D eigenvalue weighted by atomic mass is 35.5. The summed E-state index contributed by atoms with van der Waals surface area (Å²) in [7, 11) is -3.20. The van der Waals surface area contributed by atoms with Crippen molar-refractivity contribution in [1.29, 1.82) is 5.26 Å². The number of piperidine rings is 1. The molecule has 1 saturated carbocycles. The molecule has 1 aliphatic carbocycles. The molecule has 2 fully saturated rings. The Morgan fingerprint density at radius 3 is 2.62 bits per heavy atom. The molecule has 3 aromatic rings. The van der Waals surface area contributed by atoms with Gasteiger partial charge in [-0.1, -0.05) is 17.7 Å². The second kappa shape index (κ2) is 10.8. The maximum Gasteiger partial charge on any atom is 0.223 e. The second-order valence-corrected chi connectivity index (χ2v) is 13.0. The van der Waals surface area contributed by atoms with Crippen LogP contribution < -0.4 is 10.6 Å². The van der Waals surface area contributed by atoms with E-state index in [4.69, 9.17) is 11.6 Å². The molecule has 3 heterocycles. The van der Waals surface area contributed by atoms with Gasteiger partial charge in [0.25, 0.3) is 0 Å². The van der Waals surface area contributed by atoms with Gasteiger partial charge in [0, 0.05) is 43.5 Å². The van der Waals surface area contributed by atoms with Gasteiger partial charge in [0.15, 0.2) is 0 Å². The third kappa shape index (κ3) is 6.40. The van der Waals surface area contributed by atoms with E-state index in [9.17, 15) is 18.8 Å². The molecule has 0 radical (unpaired) electrons. The van der Waals surface area contributed by atoms with Crippen molar-refractivity contribution in [3.05, 3.63) is 52.9 Å². The largest absolute Gasteiger partial charge is 0.390 e. The summed E-state index contributed by atoms with van der Waals surface area (Å²) in [6, 6.07) is 8.24. The first-order valence-electron chi connectivity index (χ1n) is 12.8. The molecule has 0 unspecified atom stereocenters. The van der Waals surface area contributed by atoms with Crippen LogP contribution in [0.1, 0.15) is 43.7 Å². The minimum atomic E-state index is -3.20. The fourth-order valence-electron chi connectivity index (χ4n) is 5.10. The van der Waals surface area contributed by atoms with Crippen LogP contribution in [0.5, 0.6) is 0 Å². The highest BCUT2D eigenvalue weighted by Gasteiger charge is 2.37. The first-order chi connectivity index (χ1) is 18.5. The van der Waals surface area contributed by atoms with Crippen molar-refractivity contribution in [2.24, 2.45) is 0 Å². The fraction of sp³-hybridized carbons (Fsp3) is 0.462. The van der Waals surface area contributed by atoms with Crippen LogP contribution >= 0.6 is 11.6 Å². The van der Waals surface area contributed by atoms with Crippen LogP contribution in [-0.4, -0.2) is 74.6 Å². The van der Waals surface area contributed by atoms with Gasteiger partial charge in [-0.05, 0) is 50.3 Å². The van der Waals surface area contributed by atoms with Gasteiger partial charge in [-0.15, -0.1) is 0 Å². The summed E-state index contributed by atoms with van der Waals surface area (Å²) in [5.41, 5.74) is 2.56. The van der Waals surface area contributed by atoms with Crippen molar-refractivity contribution in [3.63, 3.8) is 0 Å². The van der Waals surface area contributed by atoms with E-state index in [1.807, 2.05) is 25.1 Å². The number of aliphatic hydroxyl groups is 1. The maximum absolute atomic E-state index is 11.8. The van der Waals surface area contributed by atoms with Crippen LogP contribution in [0.2, 0.25) is 5.02 Å². The predicted octanol–water partition coefficient (Wildman–Crippen LogP) is 2.69. The first-order valence-corrected chi connectivity index (χ1v) is 15.0. The van der Waals surface area contributed by atoms with Crippen molar-refractivity contribution < 1.29 is 13.5 Å². The summed E-state index contributed by atoms with van der Waals surface area (Å²) in [5.74, 6) is 0.373. The van der Waals surface area contributed by atoms with Gasteiger partial charge >= 0.3 is 0 Å². The lowest BCUT2D eigenvalue weighted by Crippen LogP contribution is -2.51. The number of nitrogens with one attached hydrogen (secondary N) is 2. The number of anilines is 1. The van der Waals surface area contributed by atoms with E-state index in [0.29, 0.717) is 72.0 Å². The molecular weight excluding hydrogens is 540 g/mol. The van der Waals surface area contributed by atoms with E-state index >= 15 is 0 Å². The summed E-state index contributed by atoms with van der Waals surface area (Å²) >= 11 is 6.60. The normalized spacial score (nSPS) is 22.3. The Balaban J connectivity index is 1.28. The molecule has 0 amide bonds. The molecule has 0 atom stereocenters. The zero-order valence-corrected chi connectivity index (χ0v) is 23.4. The summed E-state index contributed by atoms with van der Waals surface area (Å²) in [5, 5.41) is 31.3. The lowest BCUT2D eigenvalue weighted by Gasteiger charge is -2.41. The van der Waals surface area contributed by atoms with Gasteiger partial charge in [0.2, 0.25) is 16.0 Å². The third-order valence-corrected chi connectivity index (χ3v) is 8.85. The SMILES string of the molecule is CC1(O)CC(NCc2ccc(-n3cc(-c4nc(NC5CCN(S(C)(=O)=O)CC5)ncc4C#N)cn3)c(Cl)c2)C1. The molecule has 1 aliphatic heterocycles. The minimum absolute atomic E-state index is 0.0239. The number of nitrogens with zero attached hydrogens (tertiary/aromatic N) is 6. The zero-order chi connectivity index (χ0) is 27.8. The van der Waals surface area contributed by atoms with Gasteiger partial charge in [0.05, 0.1) is 46.2 Å².